The molecule has 0 bridgehead atoms. The lowest BCUT2D eigenvalue weighted by atomic mass is 10.1. The number of sulfonamides is 1. The number of carboxylic acids is 1. The Labute approximate surface area is 206 Å². The van der Waals surface area contributed by atoms with E-state index >= 15 is 0 Å². The molecule has 0 aliphatic rings. The number of ether oxygens (including phenoxy) is 1. The molecule has 12 heteroatoms. The van der Waals surface area contributed by atoms with Crippen LogP contribution in [-0.2, 0) is 21.2 Å². The zero-order valence-electron chi connectivity index (χ0n) is 17.8. The van der Waals surface area contributed by atoms with Gasteiger partial charge in [-0.25, -0.2) is 13.4 Å². The maximum atomic E-state index is 12.6. The topological polar surface area (TPSA) is 141 Å². The Morgan fingerprint density at radius 3 is 2.71 bits per heavy atom. The summed E-state index contributed by atoms with van der Waals surface area (Å²) >= 11 is 7.39. The second-order valence-corrected chi connectivity index (χ2v) is 9.94. The zero-order chi connectivity index (χ0) is 24.6. The van der Waals surface area contributed by atoms with E-state index < -0.39 is 16.0 Å². The van der Waals surface area contributed by atoms with E-state index in [1.54, 1.807) is 23.6 Å². The number of aromatic nitrogens is 1. The maximum absolute atomic E-state index is 12.6. The van der Waals surface area contributed by atoms with E-state index in [1.165, 1.54) is 35.0 Å². The number of hydrogen-bond acceptors (Lipinski definition) is 8. The molecule has 2 aromatic carbocycles. The van der Waals surface area contributed by atoms with Gasteiger partial charge in [0.1, 0.15) is 17.6 Å². The highest BCUT2D eigenvalue weighted by molar-refractivity contribution is 7.92. The Bertz CT molecular complexity index is 1290. The second-order valence-electron chi connectivity index (χ2n) is 7.10. The first-order valence-corrected chi connectivity index (χ1v) is 12.9. The molecule has 0 saturated heterocycles. The molecule has 9 nitrogen and oxygen atoms in total. The lowest BCUT2D eigenvalue weighted by Crippen LogP contribution is -2.19. The van der Waals surface area contributed by atoms with Crippen molar-refractivity contribution >= 4 is 44.7 Å². The van der Waals surface area contributed by atoms with Crippen LogP contribution in [0.3, 0.4) is 0 Å². The molecule has 1 aromatic heterocycles. The SMILES string of the molecule is N#Cc1cc(S(=O)(=O)Nc2cscn2)ccc1Oc1ccc(Cl)cc1CCCNCCC(=O)O. The standard InChI is InChI=1S/C22H21ClN4O5S2/c23-17-3-5-19(15(10-17)2-1-8-25-9-7-22(28)29)32-20-6-4-18(11-16(20)12-24)34(30,31)27-21-13-33-14-26-21/h3-6,10-11,13-14,25,27H,1-2,7-9H2,(H,28,29). The molecule has 3 aromatic rings. The quantitative estimate of drug-likeness (QED) is 0.301. The zero-order valence-corrected chi connectivity index (χ0v) is 20.2. The molecule has 0 radical (unpaired) electrons. The Kier molecular flexibility index (Phi) is 8.84. The lowest BCUT2D eigenvalue weighted by Gasteiger charge is -2.14. The molecule has 3 N–H and O–H groups in total. The van der Waals surface area contributed by atoms with Gasteiger partial charge in [-0.2, -0.15) is 5.26 Å². The van der Waals surface area contributed by atoms with Crippen LogP contribution in [0.2, 0.25) is 5.02 Å². The van der Waals surface area contributed by atoms with Gasteiger partial charge in [-0.05, 0) is 61.3 Å². The highest BCUT2D eigenvalue weighted by Gasteiger charge is 2.18. The molecule has 1 heterocycles. The molecular weight excluding hydrogens is 500 g/mol. The molecule has 0 unspecified atom stereocenters. The van der Waals surface area contributed by atoms with Gasteiger partial charge in [0.05, 0.1) is 22.4 Å². The van der Waals surface area contributed by atoms with Crippen molar-refractivity contribution < 1.29 is 23.1 Å². The molecule has 0 saturated carbocycles. The van der Waals surface area contributed by atoms with Crippen molar-refractivity contribution in [2.45, 2.75) is 24.2 Å². The number of anilines is 1. The summed E-state index contributed by atoms with van der Waals surface area (Å²) in [6, 6.07) is 11.1. The van der Waals surface area contributed by atoms with E-state index in [9.17, 15) is 18.5 Å². The minimum absolute atomic E-state index is 0.0491. The van der Waals surface area contributed by atoms with Gasteiger partial charge in [0.2, 0.25) is 0 Å². The number of aliphatic carboxylic acids is 1. The number of halogens is 1. The van der Waals surface area contributed by atoms with Gasteiger partial charge >= 0.3 is 5.97 Å². The Hall–Kier alpha value is -3.17. The number of rotatable bonds is 12. The predicted octanol–water partition coefficient (Wildman–Crippen LogP) is 4.26. The number of hydrogen-bond donors (Lipinski definition) is 3. The van der Waals surface area contributed by atoms with Crippen molar-refractivity contribution in [3.05, 3.63) is 63.4 Å². The molecule has 0 aliphatic carbocycles. The summed E-state index contributed by atoms with van der Waals surface area (Å²) in [7, 11) is -3.92. The van der Waals surface area contributed by atoms with Crippen LogP contribution in [0.4, 0.5) is 5.82 Å². The summed E-state index contributed by atoms with van der Waals surface area (Å²) in [4.78, 5) is 14.4. The smallest absolute Gasteiger partial charge is 0.304 e. The summed E-state index contributed by atoms with van der Waals surface area (Å²) in [6.45, 7) is 0.994. The average Bonchev–Trinajstić information content (AvgIpc) is 3.30. The predicted molar refractivity (Wildman–Crippen MR) is 129 cm³/mol. The van der Waals surface area contributed by atoms with Gasteiger partial charge in [0, 0.05) is 16.9 Å². The number of nitrogens with zero attached hydrogens (tertiary/aromatic N) is 2. The Balaban J connectivity index is 1.73. The van der Waals surface area contributed by atoms with Crippen LogP contribution < -0.4 is 14.8 Å². The van der Waals surface area contributed by atoms with Crippen LogP contribution in [-0.4, -0.2) is 37.6 Å². The number of carbonyl (C=O) groups is 1. The minimum atomic E-state index is -3.92. The third-order valence-electron chi connectivity index (χ3n) is 4.61. The van der Waals surface area contributed by atoms with Gasteiger partial charge in [0.15, 0.2) is 5.82 Å². The summed E-state index contributed by atoms with van der Waals surface area (Å²) in [5, 5.41) is 23.4. The summed E-state index contributed by atoms with van der Waals surface area (Å²) in [6.07, 6.45) is 1.36. The summed E-state index contributed by atoms with van der Waals surface area (Å²) in [5.74, 6) is 0.0389. The number of benzene rings is 2. The molecule has 0 fully saturated rings. The fraction of sp³-hybridized carbons (Fsp3) is 0.227. The molecular formula is C22H21ClN4O5S2. The summed E-state index contributed by atoms with van der Waals surface area (Å²) < 4.78 is 33.5. The van der Waals surface area contributed by atoms with Gasteiger partial charge in [-0.3, -0.25) is 9.52 Å². The lowest BCUT2D eigenvalue weighted by molar-refractivity contribution is -0.136. The van der Waals surface area contributed by atoms with Crippen molar-refractivity contribution in [3.63, 3.8) is 0 Å². The third kappa shape index (κ3) is 7.16. The average molecular weight is 521 g/mol. The van der Waals surface area contributed by atoms with Crippen LogP contribution >= 0.6 is 22.9 Å². The number of aryl methyl sites for hydroxylation is 1. The van der Waals surface area contributed by atoms with E-state index in [0.717, 1.165) is 5.56 Å². The van der Waals surface area contributed by atoms with Gasteiger partial charge < -0.3 is 15.2 Å². The van der Waals surface area contributed by atoms with Gasteiger partial charge in [-0.15, -0.1) is 11.3 Å². The van der Waals surface area contributed by atoms with Crippen molar-refractivity contribution in [1.82, 2.24) is 10.3 Å². The molecule has 0 amide bonds. The van der Waals surface area contributed by atoms with Crippen LogP contribution in [0, 0.1) is 11.3 Å². The van der Waals surface area contributed by atoms with Crippen molar-refractivity contribution in [2.75, 3.05) is 17.8 Å². The van der Waals surface area contributed by atoms with Gasteiger partial charge in [-0.1, -0.05) is 11.6 Å². The van der Waals surface area contributed by atoms with Crippen LogP contribution in [0.5, 0.6) is 11.5 Å². The number of thiazole rings is 1. The van der Waals surface area contributed by atoms with Gasteiger partial charge in [0.25, 0.3) is 10.0 Å². The van der Waals surface area contributed by atoms with Crippen molar-refractivity contribution in [3.8, 4) is 17.6 Å². The Morgan fingerprint density at radius 2 is 2.00 bits per heavy atom. The van der Waals surface area contributed by atoms with Crippen molar-refractivity contribution in [2.24, 2.45) is 0 Å². The molecule has 178 valence electrons. The molecule has 34 heavy (non-hydrogen) atoms. The van der Waals surface area contributed by atoms with E-state index in [0.29, 0.717) is 36.7 Å². The second kappa shape index (κ2) is 11.8. The molecule has 0 spiro atoms. The molecule has 3 rings (SSSR count). The first-order chi connectivity index (χ1) is 16.3. The number of nitrogens with one attached hydrogen (secondary N) is 2. The largest absolute Gasteiger partial charge is 0.481 e. The van der Waals surface area contributed by atoms with Crippen LogP contribution in [0.1, 0.15) is 24.0 Å². The molecule has 0 atom stereocenters. The van der Waals surface area contributed by atoms with Crippen LogP contribution in [0.15, 0.2) is 52.2 Å². The number of nitriles is 1. The highest BCUT2D eigenvalue weighted by atomic mass is 35.5. The first kappa shape index (κ1) is 25.5. The fourth-order valence-electron chi connectivity index (χ4n) is 3.00. The third-order valence-corrected chi connectivity index (χ3v) is 6.78. The fourth-order valence-corrected chi connectivity index (χ4v) is 4.78. The minimum Gasteiger partial charge on any atom is -0.481 e. The van der Waals surface area contributed by atoms with Crippen molar-refractivity contribution in [1.29, 1.82) is 5.26 Å². The monoisotopic (exact) mass is 520 g/mol. The van der Waals surface area contributed by atoms with E-state index in [1.807, 2.05) is 6.07 Å². The Morgan fingerprint density at radius 1 is 1.21 bits per heavy atom. The maximum Gasteiger partial charge on any atom is 0.304 e. The summed E-state index contributed by atoms with van der Waals surface area (Å²) in [5.41, 5.74) is 2.36. The first-order valence-electron chi connectivity index (χ1n) is 10.1. The van der Waals surface area contributed by atoms with E-state index in [-0.39, 0.29) is 28.4 Å². The van der Waals surface area contributed by atoms with E-state index in [4.69, 9.17) is 21.4 Å². The highest BCUT2D eigenvalue weighted by Crippen LogP contribution is 2.32. The van der Waals surface area contributed by atoms with E-state index in [2.05, 4.69) is 15.0 Å². The molecule has 0 aliphatic heterocycles. The normalized spacial score (nSPS) is 11.1. The van der Waals surface area contributed by atoms with Crippen LogP contribution in [0.25, 0.3) is 0 Å². The number of carboxylic acid groups (broad SMARTS) is 1.